The number of H-pyrrole nitrogens is 1. The maximum atomic E-state index is 11.4. The first kappa shape index (κ1) is 32.3. The standard InChI is InChI=1S/C32H33I2N8O2PS/c33-45(34)46-44-24-8-4-5-21(15-24)19-42-20-22(18-37-42)25(26-16-28(35)38-30-29(26)39-41-40-30)9-14-36-31-10-12-32(13-11-31,27(43)17-31)23-6-2-1-3-7-23/h1-9,15-16,18,20,27,36,43H,10-14,17,19H2,(H3,35,38,39,40,41)/b25-9+/t27-,31?,32?/m0/s1. The van der Waals surface area contributed by atoms with Gasteiger partial charge in [-0.3, -0.25) is 4.68 Å². The molecule has 0 saturated heterocycles. The van der Waals surface area contributed by atoms with Gasteiger partial charge in [-0.1, -0.05) is 53.8 Å². The first-order valence-corrected chi connectivity index (χ1v) is 23.3. The molecule has 0 aliphatic heterocycles. The summed E-state index contributed by atoms with van der Waals surface area (Å²) in [5, 5.41) is 31.2. The molecular formula is C32H33I2N8O2PS. The quantitative estimate of drug-likeness (QED) is 0.0610. The molecule has 2 aromatic carbocycles. The fourth-order valence-electron chi connectivity index (χ4n) is 7.14. The molecule has 238 valence electrons. The van der Waals surface area contributed by atoms with E-state index in [1.807, 2.05) is 41.3 Å². The van der Waals surface area contributed by atoms with Crippen molar-refractivity contribution in [2.45, 2.75) is 55.7 Å². The minimum Gasteiger partial charge on any atom is -0.420 e. The molecule has 5 N–H and O–H groups in total. The van der Waals surface area contributed by atoms with Crippen molar-refractivity contribution in [1.82, 2.24) is 35.5 Å². The maximum Gasteiger partial charge on any atom is 0.178 e. The molecule has 5 aromatic rings. The summed E-state index contributed by atoms with van der Waals surface area (Å²) in [6, 6.07) is 20.5. The zero-order chi connectivity index (χ0) is 31.7. The van der Waals surface area contributed by atoms with Gasteiger partial charge < -0.3 is 20.3 Å². The van der Waals surface area contributed by atoms with Crippen LogP contribution in [0.1, 0.15) is 54.4 Å². The second-order valence-electron chi connectivity index (χ2n) is 12.1. The number of halogens is 2. The largest absolute Gasteiger partial charge is 0.420 e. The van der Waals surface area contributed by atoms with Crippen molar-refractivity contribution in [3.63, 3.8) is 0 Å². The Labute approximate surface area is 298 Å². The Hall–Kier alpha value is -2.30. The highest BCUT2D eigenvalue weighted by Gasteiger charge is 2.54. The monoisotopic (exact) mass is 878 g/mol. The van der Waals surface area contributed by atoms with Crippen LogP contribution in [0.15, 0.2) is 79.1 Å². The summed E-state index contributed by atoms with van der Waals surface area (Å²) in [6.45, 7) is 1.21. The molecule has 2 bridgehead atoms. The van der Waals surface area contributed by atoms with E-state index < -0.39 is 0 Å². The van der Waals surface area contributed by atoms with Gasteiger partial charge in [-0.15, -0.1) is 5.10 Å². The number of anilines is 1. The number of fused-ring (bicyclic) bond motifs is 4. The van der Waals surface area contributed by atoms with E-state index in [2.05, 4.69) is 112 Å². The van der Waals surface area contributed by atoms with E-state index >= 15 is 0 Å². The molecule has 0 radical (unpaired) electrons. The summed E-state index contributed by atoms with van der Waals surface area (Å²) in [6.07, 6.45) is 10.4. The third-order valence-corrected chi connectivity index (χ3v) is 13.3. The van der Waals surface area contributed by atoms with Crippen LogP contribution in [-0.4, -0.2) is 53.5 Å². The Balaban J connectivity index is 1.14. The van der Waals surface area contributed by atoms with Gasteiger partial charge in [0.05, 0.1) is 18.8 Å². The highest BCUT2D eigenvalue weighted by atomic mass is 127. The molecule has 3 saturated carbocycles. The highest BCUT2D eigenvalue weighted by molar-refractivity contribution is 14.3. The summed E-state index contributed by atoms with van der Waals surface area (Å²) in [4.78, 5) is 4.38. The molecule has 10 nitrogen and oxygen atoms in total. The van der Waals surface area contributed by atoms with Gasteiger partial charge in [0, 0.05) is 34.8 Å². The SMILES string of the molecule is Nc1cc(/C(=C/CNC23CCC(c4ccccc4)(CC2)[C@@H](O)C3)c2cnn(Cc3cccc(OSP(I)I)c3)c2)c2nn[nH]c2n1. The van der Waals surface area contributed by atoms with E-state index in [-0.39, 0.29) is 19.5 Å². The normalized spacial score (nSPS) is 23.0. The fourth-order valence-corrected chi connectivity index (χ4v) is 9.26. The number of hydrogen-bond donors (Lipinski definition) is 4. The van der Waals surface area contributed by atoms with Gasteiger partial charge >= 0.3 is 0 Å². The van der Waals surface area contributed by atoms with Crippen LogP contribution in [0.3, 0.4) is 0 Å². The maximum absolute atomic E-state index is 11.4. The molecule has 3 heterocycles. The second-order valence-corrected chi connectivity index (χ2v) is 29.6. The van der Waals surface area contributed by atoms with Gasteiger partial charge in [0.1, 0.15) is 31.2 Å². The summed E-state index contributed by atoms with van der Waals surface area (Å²) < 4.78 is 7.53. The second kappa shape index (κ2) is 13.7. The number of pyridine rings is 1. The minimum atomic E-state index is -0.380. The molecule has 0 amide bonds. The Morgan fingerprint density at radius 3 is 2.76 bits per heavy atom. The smallest absolute Gasteiger partial charge is 0.178 e. The molecular weight excluding hydrogens is 845 g/mol. The van der Waals surface area contributed by atoms with Crippen LogP contribution in [0.2, 0.25) is 0 Å². The van der Waals surface area contributed by atoms with Crippen LogP contribution >= 0.6 is 58.2 Å². The number of nitrogens with two attached hydrogens (primary N) is 1. The number of nitrogens with zero attached hydrogens (tertiary/aromatic N) is 5. The third kappa shape index (κ3) is 6.68. The van der Waals surface area contributed by atoms with Gasteiger partial charge in [0.25, 0.3) is 0 Å². The van der Waals surface area contributed by atoms with E-state index in [4.69, 9.17) is 15.0 Å². The number of nitrogen functional groups attached to an aromatic ring is 1. The lowest BCUT2D eigenvalue weighted by molar-refractivity contribution is -0.0485. The van der Waals surface area contributed by atoms with Gasteiger partial charge in [0.2, 0.25) is 0 Å². The van der Waals surface area contributed by atoms with E-state index in [1.165, 1.54) is 17.2 Å². The Morgan fingerprint density at radius 1 is 1.15 bits per heavy atom. The summed E-state index contributed by atoms with van der Waals surface area (Å²) >= 11 is 6.25. The van der Waals surface area contributed by atoms with Crippen LogP contribution in [0, 0.1) is 0 Å². The molecule has 46 heavy (non-hydrogen) atoms. The average Bonchev–Trinajstić information content (AvgIpc) is 3.73. The van der Waals surface area contributed by atoms with E-state index in [0.29, 0.717) is 30.1 Å². The lowest BCUT2D eigenvalue weighted by Gasteiger charge is -2.56. The van der Waals surface area contributed by atoms with Crippen molar-refractivity contribution in [2.75, 3.05) is 12.3 Å². The van der Waals surface area contributed by atoms with Crippen LogP contribution in [-0.2, 0) is 12.0 Å². The molecule has 0 unspecified atom stereocenters. The molecule has 1 atom stereocenters. The number of rotatable bonds is 11. The van der Waals surface area contributed by atoms with Crippen molar-refractivity contribution in [1.29, 1.82) is 0 Å². The fraction of sp³-hybridized carbons (Fsp3) is 0.312. The molecule has 0 spiro atoms. The number of aliphatic hydroxyl groups excluding tert-OH is 1. The van der Waals surface area contributed by atoms with E-state index in [1.54, 1.807) is 0 Å². The first-order valence-electron chi connectivity index (χ1n) is 15.1. The lowest BCUT2D eigenvalue weighted by atomic mass is 9.53. The van der Waals surface area contributed by atoms with Crippen LogP contribution in [0.5, 0.6) is 5.75 Å². The molecule has 14 heteroatoms. The van der Waals surface area contributed by atoms with Crippen molar-refractivity contribution < 1.29 is 9.29 Å². The predicted molar refractivity (Wildman–Crippen MR) is 202 cm³/mol. The van der Waals surface area contributed by atoms with Gasteiger partial charge in [-0.2, -0.15) is 5.10 Å². The van der Waals surface area contributed by atoms with Crippen molar-refractivity contribution in [3.05, 3.63) is 101 Å². The van der Waals surface area contributed by atoms with Crippen LogP contribution in [0.25, 0.3) is 16.7 Å². The molecule has 3 aromatic heterocycles. The molecule has 3 aliphatic rings. The van der Waals surface area contributed by atoms with Crippen molar-refractivity contribution in [3.8, 4) is 5.75 Å². The number of aromatic nitrogens is 6. The summed E-state index contributed by atoms with van der Waals surface area (Å²) in [5.41, 5.74) is 12.3. The molecule has 3 fully saturated rings. The predicted octanol–water partition coefficient (Wildman–Crippen LogP) is 7.34. The first-order chi connectivity index (χ1) is 22.3. The lowest BCUT2D eigenvalue weighted by Crippen LogP contribution is -2.62. The van der Waals surface area contributed by atoms with Crippen LogP contribution in [0.4, 0.5) is 5.82 Å². The topological polar surface area (TPSA) is 140 Å². The number of hydrogen-bond acceptors (Lipinski definition) is 9. The Morgan fingerprint density at radius 2 is 1.98 bits per heavy atom. The summed E-state index contributed by atoms with van der Waals surface area (Å²) in [7, 11) is 0. The summed E-state index contributed by atoms with van der Waals surface area (Å²) in [5.74, 6) is 1.22. The average molecular weight is 879 g/mol. The van der Waals surface area contributed by atoms with Crippen LogP contribution < -0.4 is 15.2 Å². The van der Waals surface area contributed by atoms with Gasteiger partial charge in [-0.05, 0) is 111 Å². The zero-order valence-corrected chi connectivity index (χ0v) is 30.8. The number of nitrogens with one attached hydrogen (secondary N) is 2. The van der Waals surface area contributed by atoms with Gasteiger partial charge in [-0.25, -0.2) is 10.1 Å². The number of benzene rings is 2. The highest BCUT2D eigenvalue weighted by Crippen LogP contribution is 2.64. The van der Waals surface area contributed by atoms with Gasteiger partial charge in [0.15, 0.2) is 5.65 Å². The van der Waals surface area contributed by atoms with E-state index in [0.717, 1.165) is 60.1 Å². The van der Waals surface area contributed by atoms with E-state index in [9.17, 15) is 5.11 Å². The third-order valence-electron chi connectivity index (χ3n) is 9.44. The minimum absolute atomic E-state index is 0.108. The Kier molecular flexibility index (Phi) is 9.59. The zero-order valence-electron chi connectivity index (χ0n) is 24.8. The number of aliphatic hydroxyl groups is 1. The molecule has 8 rings (SSSR count). The number of aromatic amines is 1. The van der Waals surface area contributed by atoms with Crippen molar-refractivity contribution >= 4 is 80.7 Å². The molecule has 3 aliphatic carbocycles. The van der Waals surface area contributed by atoms with Crippen molar-refractivity contribution in [2.24, 2.45) is 0 Å². The Bertz CT molecular complexity index is 1860.